The minimum atomic E-state index is -0.00686. The normalized spacial score (nSPS) is 18.0. The summed E-state index contributed by atoms with van der Waals surface area (Å²) in [4.78, 5) is 14.1. The van der Waals surface area contributed by atoms with Gasteiger partial charge in [0.05, 0.1) is 25.7 Å². The Bertz CT molecular complexity index is 473. The molecule has 1 aliphatic rings. The van der Waals surface area contributed by atoms with Crippen LogP contribution in [0.15, 0.2) is 24.3 Å². The zero-order chi connectivity index (χ0) is 15.8. The van der Waals surface area contributed by atoms with Crippen molar-refractivity contribution < 1.29 is 14.3 Å². The predicted molar refractivity (Wildman–Crippen MR) is 86.2 cm³/mol. The number of carbonyl (C=O) groups excluding carboxylic acids is 1. The molecule has 0 aromatic heterocycles. The molecule has 1 aromatic carbocycles. The average Bonchev–Trinajstić information content (AvgIpc) is 2.54. The number of hydrogen-bond donors (Lipinski definition) is 1. The summed E-state index contributed by atoms with van der Waals surface area (Å²) in [6.07, 6.45) is 0.429. The second-order valence-electron chi connectivity index (χ2n) is 5.49. The van der Waals surface area contributed by atoms with Crippen LogP contribution in [-0.2, 0) is 9.53 Å². The van der Waals surface area contributed by atoms with E-state index in [1.807, 2.05) is 43.0 Å². The number of morpholine rings is 1. The van der Waals surface area contributed by atoms with Crippen LogP contribution in [0.1, 0.15) is 18.9 Å². The zero-order valence-corrected chi connectivity index (χ0v) is 13.5. The number of ether oxygens (including phenoxy) is 2. The molecule has 0 saturated carbocycles. The van der Waals surface area contributed by atoms with E-state index in [2.05, 4.69) is 5.32 Å². The molecule has 0 unspecified atom stereocenters. The van der Waals surface area contributed by atoms with Crippen molar-refractivity contribution in [2.75, 3.05) is 39.4 Å². The fourth-order valence-corrected chi connectivity index (χ4v) is 2.52. The van der Waals surface area contributed by atoms with Crippen molar-refractivity contribution in [3.63, 3.8) is 0 Å². The molecule has 1 atom stereocenters. The standard InChI is InChI=1S/C17H26N2O3/c1-3-19(17(20)12-15-13-18-8-10-21-15)9-11-22-16-7-5-4-6-14(16)2/h4-7,15,18H,3,8-13H2,1-2H3/t15-/m0/s1. The number of likely N-dealkylation sites (N-methyl/N-ethyl adjacent to an activating group) is 1. The lowest BCUT2D eigenvalue weighted by Gasteiger charge is -2.27. The topological polar surface area (TPSA) is 50.8 Å². The van der Waals surface area contributed by atoms with Gasteiger partial charge in [0.25, 0.3) is 0 Å². The highest BCUT2D eigenvalue weighted by Crippen LogP contribution is 2.16. The lowest BCUT2D eigenvalue weighted by Crippen LogP contribution is -2.43. The first kappa shape index (κ1) is 16.8. The third-order valence-corrected chi connectivity index (χ3v) is 3.85. The summed E-state index contributed by atoms with van der Waals surface area (Å²) in [6, 6.07) is 7.92. The van der Waals surface area contributed by atoms with Crippen LogP contribution in [0.25, 0.3) is 0 Å². The van der Waals surface area contributed by atoms with Gasteiger partial charge >= 0.3 is 0 Å². The Labute approximate surface area is 132 Å². The van der Waals surface area contributed by atoms with Gasteiger partial charge < -0.3 is 19.7 Å². The van der Waals surface area contributed by atoms with Gasteiger partial charge in [-0.2, -0.15) is 0 Å². The first-order valence-corrected chi connectivity index (χ1v) is 7.99. The molecule has 1 fully saturated rings. The minimum absolute atomic E-state index is 0.00686. The van der Waals surface area contributed by atoms with E-state index in [0.717, 1.165) is 24.4 Å². The Kier molecular flexibility index (Phi) is 6.68. The van der Waals surface area contributed by atoms with Crippen LogP contribution in [0, 0.1) is 6.92 Å². The van der Waals surface area contributed by atoms with E-state index in [1.54, 1.807) is 0 Å². The summed E-state index contributed by atoms with van der Waals surface area (Å²) in [5, 5.41) is 3.25. The molecule has 122 valence electrons. The Morgan fingerprint density at radius 3 is 2.95 bits per heavy atom. The summed E-state index contributed by atoms with van der Waals surface area (Å²) in [6.45, 7) is 8.11. The number of benzene rings is 1. The van der Waals surface area contributed by atoms with Gasteiger partial charge in [-0.25, -0.2) is 0 Å². The molecule has 1 amide bonds. The van der Waals surface area contributed by atoms with Gasteiger partial charge in [-0.05, 0) is 25.5 Å². The highest BCUT2D eigenvalue weighted by Gasteiger charge is 2.20. The summed E-state index contributed by atoms with van der Waals surface area (Å²) in [5.74, 6) is 1.01. The summed E-state index contributed by atoms with van der Waals surface area (Å²) in [7, 11) is 0. The molecule has 2 rings (SSSR count). The van der Waals surface area contributed by atoms with Gasteiger partial charge in [0.15, 0.2) is 0 Å². The van der Waals surface area contributed by atoms with Crippen LogP contribution in [0.2, 0.25) is 0 Å². The van der Waals surface area contributed by atoms with Crippen molar-refractivity contribution in [3.05, 3.63) is 29.8 Å². The summed E-state index contributed by atoms with van der Waals surface area (Å²) >= 11 is 0. The third-order valence-electron chi connectivity index (χ3n) is 3.85. The largest absolute Gasteiger partial charge is 0.491 e. The second kappa shape index (κ2) is 8.76. The van der Waals surface area contributed by atoms with Gasteiger partial charge in [0.2, 0.25) is 5.91 Å². The molecule has 22 heavy (non-hydrogen) atoms. The predicted octanol–water partition coefficient (Wildman–Crippen LogP) is 1.60. The van der Waals surface area contributed by atoms with E-state index in [1.165, 1.54) is 0 Å². The van der Waals surface area contributed by atoms with Crippen molar-refractivity contribution in [3.8, 4) is 5.75 Å². The van der Waals surface area contributed by atoms with Crippen molar-refractivity contribution in [2.45, 2.75) is 26.4 Å². The van der Waals surface area contributed by atoms with E-state index in [9.17, 15) is 4.79 Å². The first-order valence-electron chi connectivity index (χ1n) is 7.99. The molecular formula is C17H26N2O3. The third kappa shape index (κ3) is 5.00. The Hall–Kier alpha value is -1.59. The van der Waals surface area contributed by atoms with E-state index >= 15 is 0 Å². The van der Waals surface area contributed by atoms with Crippen LogP contribution in [0.5, 0.6) is 5.75 Å². The van der Waals surface area contributed by atoms with Gasteiger partial charge in [-0.1, -0.05) is 18.2 Å². The fraction of sp³-hybridized carbons (Fsp3) is 0.588. The van der Waals surface area contributed by atoms with Gasteiger partial charge in [0, 0.05) is 19.6 Å². The van der Waals surface area contributed by atoms with Gasteiger partial charge in [0.1, 0.15) is 12.4 Å². The number of rotatable bonds is 7. The van der Waals surface area contributed by atoms with Crippen molar-refractivity contribution in [1.29, 1.82) is 0 Å². The zero-order valence-electron chi connectivity index (χ0n) is 13.5. The second-order valence-corrected chi connectivity index (χ2v) is 5.49. The number of aryl methyl sites for hydroxylation is 1. The number of nitrogens with one attached hydrogen (secondary N) is 1. The summed E-state index contributed by atoms with van der Waals surface area (Å²) < 4.78 is 11.4. The molecule has 1 heterocycles. The Morgan fingerprint density at radius 2 is 2.27 bits per heavy atom. The molecule has 0 bridgehead atoms. The number of hydrogen-bond acceptors (Lipinski definition) is 4. The molecule has 1 aromatic rings. The van der Waals surface area contributed by atoms with Crippen LogP contribution in [0.3, 0.4) is 0 Å². The highest BCUT2D eigenvalue weighted by atomic mass is 16.5. The lowest BCUT2D eigenvalue weighted by atomic mass is 10.2. The van der Waals surface area contributed by atoms with E-state index in [-0.39, 0.29) is 12.0 Å². The molecule has 0 radical (unpaired) electrons. The molecule has 0 aliphatic carbocycles. The van der Waals surface area contributed by atoms with Gasteiger partial charge in [-0.3, -0.25) is 4.79 Å². The number of carbonyl (C=O) groups is 1. The lowest BCUT2D eigenvalue weighted by molar-refractivity contribution is -0.134. The van der Waals surface area contributed by atoms with Crippen LogP contribution in [-0.4, -0.2) is 56.3 Å². The average molecular weight is 306 g/mol. The van der Waals surface area contributed by atoms with E-state index in [0.29, 0.717) is 32.7 Å². The Morgan fingerprint density at radius 1 is 1.45 bits per heavy atom. The summed E-state index contributed by atoms with van der Waals surface area (Å²) in [5.41, 5.74) is 1.11. The molecule has 1 aliphatic heterocycles. The maximum atomic E-state index is 12.3. The number of nitrogens with zero attached hydrogens (tertiary/aromatic N) is 1. The van der Waals surface area contributed by atoms with Crippen molar-refractivity contribution in [2.24, 2.45) is 0 Å². The molecule has 5 heteroatoms. The maximum absolute atomic E-state index is 12.3. The molecular weight excluding hydrogens is 280 g/mol. The van der Waals surface area contributed by atoms with E-state index < -0.39 is 0 Å². The smallest absolute Gasteiger partial charge is 0.225 e. The SMILES string of the molecule is CCN(CCOc1ccccc1C)C(=O)C[C@H]1CNCCO1. The number of amides is 1. The van der Waals surface area contributed by atoms with Crippen LogP contribution in [0.4, 0.5) is 0 Å². The fourth-order valence-electron chi connectivity index (χ4n) is 2.52. The van der Waals surface area contributed by atoms with E-state index in [4.69, 9.17) is 9.47 Å². The number of para-hydroxylation sites is 1. The van der Waals surface area contributed by atoms with Crippen molar-refractivity contribution in [1.82, 2.24) is 10.2 Å². The van der Waals surface area contributed by atoms with Crippen molar-refractivity contribution >= 4 is 5.91 Å². The van der Waals surface area contributed by atoms with Crippen LogP contribution >= 0.6 is 0 Å². The molecule has 1 saturated heterocycles. The van der Waals surface area contributed by atoms with Gasteiger partial charge in [-0.15, -0.1) is 0 Å². The highest BCUT2D eigenvalue weighted by molar-refractivity contribution is 5.76. The quantitative estimate of drug-likeness (QED) is 0.831. The first-order chi connectivity index (χ1) is 10.7. The monoisotopic (exact) mass is 306 g/mol. The Balaban J connectivity index is 1.76. The molecule has 1 N–H and O–H groups in total. The van der Waals surface area contributed by atoms with Crippen LogP contribution < -0.4 is 10.1 Å². The maximum Gasteiger partial charge on any atom is 0.225 e. The molecule has 5 nitrogen and oxygen atoms in total. The molecule has 0 spiro atoms. The minimum Gasteiger partial charge on any atom is -0.491 e.